The number of aromatic nitrogens is 3. The van der Waals surface area contributed by atoms with Crippen LogP contribution in [-0.2, 0) is 29.0 Å². The van der Waals surface area contributed by atoms with Crippen molar-refractivity contribution in [3.05, 3.63) is 58.3 Å². The minimum atomic E-state index is -0.709. The molecule has 176 valence electrons. The molecule has 1 saturated carbocycles. The smallest absolute Gasteiger partial charge is 0.227 e. The van der Waals surface area contributed by atoms with Crippen molar-refractivity contribution in [2.75, 3.05) is 0 Å². The lowest BCUT2D eigenvalue weighted by Gasteiger charge is -2.13. The zero-order chi connectivity index (χ0) is 24.2. The van der Waals surface area contributed by atoms with Crippen LogP contribution in [0, 0.1) is 17.1 Å². The Kier molecular flexibility index (Phi) is 6.93. The van der Waals surface area contributed by atoms with Crippen LogP contribution in [0.5, 0.6) is 0 Å². The Hall–Kier alpha value is -3.71. The largest absolute Gasteiger partial charge is 0.361 e. The summed E-state index contributed by atoms with van der Waals surface area (Å²) in [5, 5.41) is 23.0. The maximum Gasteiger partial charge on any atom is 0.227 e. The van der Waals surface area contributed by atoms with Crippen molar-refractivity contribution >= 4 is 23.4 Å². The molecule has 1 fully saturated rings. The van der Waals surface area contributed by atoms with E-state index in [1.807, 2.05) is 6.92 Å². The third-order valence-electron chi connectivity index (χ3n) is 5.19. The lowest BCUT2D eigenvalue weighted by atomic mass is 10.1. The van der Waals surface area contributed by atoms with Crippen LogP contribution in [0.4, 0.5) is 4.39 Å². The molecule has 1 atom stereocenters. The molecule has 0 saturated heterocycles. The highest BCUT2D eigenvalue weighted by Gasteiger charge is 2.24. The molecule has 0 radical (unpaired) electrons. The summed E-state index contributed by atoms with van der Waals surface area (Å²) in [5.41, 5.74) is 1.18. The van der Waals surface area contributed by atoms with Gasteiger partial charge in [-0.1, -0.05) is 16.8 Å². The van der Waals surface area contributed by atoms with E-state index in [0.29, 0.717) is 29.3 Å². The normalized spacial score (nSPS) is 13.8. The Morgan fingerprint density at radius 1 is 1.32 bits per heavy atom. The van der Waals surface area contributed by atoms with Gasteiger partial charge in [-0.3, -0.25) is 14.3 Å². The number of benzene rings is 1. The molecule has 2 N–H and O–H groups in total. The molecule has 2 amide bonds. The average Bonchev–Trinajstić information content (AvgIpc) is 3.26. The standard InChI is InChI=1S/C23H22ClFN6O3/c1-13(12-31-5-4-21(29-31)14-6-19(24)18(11-26)20(25)7-14)27-22(32)9-16-8-17(34-30-16)10-23(33)28-15-2-3-15/h4-8,13,15H,2-3,9-10,12H2,1H3,(H,27,32)(H,28,33)/t13-/m0/s1. The Morgan fingerprint density at radius 3 is 2.82 bits per heavy atom. The Labute approximate surface area is 199 Å². The molecular weight excluding hydrogens is 463 g/mol. The molecule has 34 heavy (non-hydrogen) atoms. The van der Waals surface area contributed by atoms with Gasteiger partial charge in [-0.15, -0.1) is 0 Å². The van der Waals surface area contributed by atoms with Crippen molar-refractivity contribution in [2.24, 2.45) is 0 Å². The summed E-state index contributed by atoms with van der Waals surface area (Å²) in [7, 11) is 0. The number of halogens is 2. The highest BCUT2D eigenvalue weighted by molar-refractivity contribution is 6.32. The van der Waals surface area contributed by atoms with E-state index in [-0.39, 0.29) is 47.3 Å². The van der Waals surface area contributed by atoms with Gasteiger partial charge >= 0.3 is 0 Å². The number of nitrogens with one attached hydrogen (secondary N) is 2. The van der Waals surface area contributed by atoms with E-state index < -0.39 is 5.82 Å². The number of hydrogen-bond acceptors (Lipinski definition) is 6. The summed E-state index contributed by atoms with van der Waals surface area (Å²) in [5.74, 6) is -0.659. The quantitative estimate of drug-likeness (QED) is 0.481. The molecule has 1 aliphatic carbocycles. The van der Waals surface area contributed by atoms with E-state index >= 15 is 0 Å². The molecule has 3 aromatic rings. The summed E-state index contributed by atoms with van der Waals surface area (Å²) in [6.07, 6.45) is 3.84. The highest BCUT2D eigenvalue weighted by atomic mass is 35.5. The molecule has 1 aromatic carbocycles. The maximum absolute atomic E-state index is 14.0. The lowest BCUT2D eigenvalue weighted by Crippen LogP contribution is -2.36. The van der Waals surface area contributed by atoms with Crippen molar-refractivity contribution in [3.63, 3.8) is 0 Å². The molecule has 2 aromatic heterocycles. The molecule has 0 unspecified atom stereocenters. The molecular formula is C23H22ClFN6O3. The van der Waals surface area contributed by atoms with Crippen molar-refractivity contribution in [2.45, 2.75) is 51.2 Å². The molecule has 0 aliphatic heterocycles. The van der Waals surface area contributed by atoms with Crippen LogP contribution in [0.2, 0.25) is 5.02 Å². The topological polar surface area (TPSA) is 126 Å². The van der Waals surface area contributed by atoms with Crippen LogP contribution in [0.3, 0.4) is 0 Å². The fraction of sp³-hybridized carbons (Fsp3) is 0.348. The van der Waals surface area contributed by atoms with Gasteiger partial charge in [-0.25, -0.2) is 4.39 Å². The molecule has 9 nitrogen and oxygen atoms in total. The van der Waals surface area contributed by atoms with Gasteiger partial charge in [0, 0.05) is 29.9 Å². The summed E-state index contributed by atoms with van der Waals surface area (Å²) < 4.78 is 20.8. The summed E-state index contributed by atoms with van der Waals surface area (Å²) >= 11 is 5.97. The van der Waals surface area contributed by atoms with Crippen LogP contribution in [0.1, 0.15) is 36.8 Å². The fourth-order valence-electron chi connectivity index (χ4n) is 3.45. The summed E-state index contributed by atoms with van der Waals surface area (Å²) in [6.45, 7) is 2.21. The summed E-state index contributed by atoms with van der Waals surface area (Å²) in [6, 6.07) is 7.76. The molecule has 11 heteroatoms. The number of rotatable bonds is 9. The summed E-state index contributed by atoms with van der Waals surface area (Å²) in [4.78, 5) is 24.2. The predicted octanol–water partition coefficient (Wildman–Crippen LogP) is 2.77. The van der Waals surface area contributed by atoms with Crippen molar-refractivity contribution in [1.82, 2.24) is 25.6 Å². The van der Waals surface area contributed by atoms with Gasteiger partial charge in [0.1, 0.15) is 23.2 Å². The first-order valence-corrected chi connectivity index (χ1v) is 11.1. The molecule has 0 bridgehead atoms. The fourth-order valence-corrected chi connectivity index (χ4v) is 3.70. The molecule has 0 spiro atoms. The number of nitrogens with zero attached hydrogens (tertiary/aromatic N) is 4. The van der Waals surface area contributed by atoms with Gasteiger partial charge in [0.05, 0.1) is 35.8 Å². The van der Waals surface area contributed by atoms with Crippen LogP contribution >= 0.6 is 11.6 Å². The van der Waals surface area contributed by atoms with Crippen molar-refractivity contribution in [3.8, 4) is 17.3 Å². The SMILES string of the molecule is C[C@@H](Cn1ccc(-c2cc(F)c(C#N)c(Cl)c2)n1)NC(=O)Cc1cc(CC(=O)NC2CC2)on1. The van der Waals surface area contributed by atoms with E-state index in [2.05, 4.69) is 20.9 Å². The minimum Gasteiger partial charge on any atom is -0.361 e. The zero-order valence-corrected chi connectivity index (χ0v) is 19.1. The van der Waals surface area contributed by atoms with Gasteiger partial charge in [0.25, 0.3) is 0 Å². The van der Waals surface area contributed by atoms with Gasteiger partial charge in [-0.2, -0.15) is 10.4 Å². The minimum absolute atomic E-state index is 0.0193. The molecule has 4 rings (SSSR count). The highest BCUT2D eigenvalue weighted by Crippen LogP contribution is 2.26. The van der Waals surface area contributed by atoms with Gasteiger partial charge in [-0.05, 0) is 38.0 Å². The van der Waals surface area contributed by atoms with E-state index in [1.54, 1.807) is 29.1 Å². The Balaban J connectivity index is 1.28. The molecule has 1 aliphatic rings. The van der Waals surface area contributed by atoms with Crippen LogP contribution < -0.4 is 10.6 Å². The second-order valence-electron chi connectivity index (χ2n) is 8.30. The van der Waals surface area contributed by atoms with Crippen LogP contribution in [0.15, 0.2) is 35.0 Å². The third kappa shape index (κ3) is 5.99. The van der Waals surface area contributed by atoms with Gasteiger partial charge in [0.2, 0.25) is 11.8 Å². The van der Waals surface area contributed by atoms with Crippen molar-refractivity contribution < 1.29 is 18.5 Å². The van der Waals surface area contributed by atoms with E-state index in [9.17, 15) is 14.0 Å². The Morgan fingerprint density at radius 2 is 2.12 bits per heavy atom. The van der Waals surface area contributed by atoms with Crippen LogP contribution in [0.25, 0.3) is 11.3 Å². The maximum atomic E-state index is 14.0. The number of carbonyl (C=O) groups is 2. The van der Waals surface area contributed by atoms with Crippen LogP contribution in [-0.4, -0.2) is 38.8 Å². The van der Waals surface area contributed by atoms with Crippen molar-refractivity contribution in [1.29, 1.82) is 5.26 Å². The second-order valence-corrected chi connectivity index (χ2v) is 8.71. The number of amides is 2. The first-order chi connectivity index (χ1) is 16.3. The molecule has 2 heterocycles. The predicted molar refractivity (Wildman–Crippen MR) is 120 cm³/mol. The third-order valence-corrected chi connectivity index (χ3v) is 5.48. The number of hydrogen-bond donors (Lipinski definition) is 2. The Bertz CT molecular complexity index is 1240. The second kappa shape index (κ2) is 10.1. The van der Waals surface area contributed by atoms with Gasteiger partial charge < -0.3 is 15.2 Å². The van der Waals surface area contributed by atoms with E-state index in [0.717, 1.165) is 12.8 Å². The average molecular weight is 485 g/mol. The van der Waals surface area contributed by atoms with E-state index in [4.69, 9.17) is 21.4 Å². The first-order valence-electron chi connectivity index (χ1n) is 10.8. The van der Waals surface area contributed by atoms with E-state index in [1.165, 1.54) is 12.1 Å². The number of nitriles is 1. The zero-order valence-electron chi connectivity index (χ0n) is 18.3. The first kappa shape index (κ1) is 23.4. The number of carbonyl (C=O) groups excluding carboxylic acids is 2. The monoisotopic (exact) mass is 484 g/mol. The van der Waals surface area contributed by atoms with Gasteiger partial charge in [0.15, 0.2) is 0 Å². The lowest BCUT2D eigenvalue weighted by molar-refractivity contribution is -0.122.